The van der Waals surface area contributed by atoms with Crippen LogP contribution in [-0.4, -0.2) is 53.6 Å². The lowest BCUT2D eigenvalue weighted by Gasteiger charge is -2.26. The largest absolute Gasteiger partial charge is 0.379 e. The van der Waals surface area contributed by atoms with Gasteiger partial charge in [0.15, 0.2) is 0 Å². The van der Waals surface area contributed by atoms with Crippen molar-refractivity contribution in [1.29, 1.82) is 0 Å². The lowest BCUT2D eigenvalue weighted by atomic mass is 9.96. The Morgan fingerprint density at radius 1 is 1.08 bits per heavy atom. The number of hydrogen-bond donors (Lipinski definition) is 1. The van der Waals surface area contributed by atoms with Gasteiger partial charge in [0, 0.05) is 49.0 Å². The Morgan fingerprint density at radius 2 is 1.86 bits per heavy atom. The fourth-order valence-corrected chi connectivity index (χ4v) is 5.49. The zero-order valence-electron chi connectivity index (χ0n) is 20.0. The minimum Gasteiger partial charge on any atom is -0.379 e. The number of nitrogens with one attached hydrogen (secondary N) is 1. The average Bonchev–Trinajstić information content (AvgIpc) is 3.51. The quantitative estimate of drug-likeness (QED) is 0.371. The van der Waals surface area contributed by atoms with Crippen LogP contribution in [0.15, 0.2) is 67.4 Å². The second-order valence-corrected chi connectivity index (χ2v) is 9.67. The van der Waals surface area contributed by atoms with E-state index in [1.54, 1.807) is 11.1 Å². The number of nitrogens with zero attached hydrogens (tertiary/aromatic N) is 3. The van der Waals surface area contributed by atoms with Crippen molar-refractivity contribution in [3.05, 3.63) is 83.5 Å². The SMILES string of the molecule is C=CC(=O)N1CCc2ccc(-c3c(-c4ccc(CN5CCOCC5)cc4)[nH]c4nccc(Cl)c34)cc21. The van der Waals surface area contributed by atoms with Gasteiger partial charge in [0.2, 0.25) is 5.91 Å². The van der Waals surface area contributed by atoms with Crippen molar-refractivity contribution in [1.82, 2.24) is 14.9 Å². The minimum atomic E-state index is -0.0828. The maximum atomic E-state index is 12.5. The number of halogens is 1. The highest BCUT2D eigenvalue weighted by atomic mass is 35.5. The molecular weight excluding hydrogens is 472 g/mol. The molecule has 1 fully saturated rings. The van der Waals surface area contributed by atoms with E-state index in [2.05, 4.69) is 63.9 Å². The molecule has 6 rings (SSSR count). The van der Waals surface area contributed by atoms with Crippen LogP contribution in [0.4, 0.5) is 5.69 Å². The number of aromatic nitrogens is 2. The van der Waals surface area contributed by atoms with Gasteiger partial charge in [-0.1, -0.05) is 54.6 Å². The number of hydrogen-bond acceptors (Lipinski definition) is 4. The van der Waals surface area contributed by atoms with Gasteiger partial charge in [-0.05, 0) is 46.9 Å². The van der Waals surface area contributed by atoms with Crippen molar-refractivity contribution in [2.45, 2.75) is 13.0 Å². The number of pyridine rings is 1. The molecular formula is C29H27ClN4O2. The number of fused-ring (bicyclic) bond motifs is 2. The van der Waals surface area contributed by atoms with Gasteiger partial charge in [0.1, 0.15) is 5.65 Å². The van der Waals surface area contributed by atoms with Gasteiger partial charge in [-0.15, -0.1) is 0 Å². The first-order valence-electron chi connectivity index (χ1n) is 12.2. The molecule has 0 saturated carbocycles. The van der Waals surface area contributed by atoms with Crippen LogP contribution in [0.2, 0.25) is 5.02 Å². The second kappa shape index (κ2) is 9.54. The van der Waals surface area contributed by atoms with Crippen LogP contribution >= 0.6 is 11.6 Å². The van der Waals surface area contributed by atoms with Crippen LogP contribution in [0.1, 0.15) is 11.1 Å². The van der Waals surface area contributed by atoms with Gasteiger partial charge in [0.25, 0.3) is 0 Å². The molecule has 4 heterocycles. The molecule has 0 atom stereocenters. The van der Waals surface area contributed by atoms with E-state index in [0.29, 0.717) is 11.6 Å². The van der Waals surface area contributed by atoms with Crippen molar-refractivity contribution in [3.63, 3.8) is 0 Å². The Bertz CT molecular complexity index is 1450. The Labute approximate surface area is 215 Å². The number of carbonyl (C=O) groups is 1. The van der Waals surface area contributed by atoms with Crippen LogP contribution in [0, 0.1) is 0 Å². The predicted octanol–water partition coefficient (Wildman–Crippen LogP) is 5.46. The number of anilines is 1. The maximum absolute atomic E-state index is 12.5. The summed E-state index contributed by atoms with van der Waals surface area (Å²) in [5, 5.41) is 1.52. The van der Waals surface area contributed by atoms with Gasteiger partial charge in [0.05, 0.1) is 23.9 Å². The lowest BCUT2D eigenvalue weighted by Crippen LogP contribution is -2.35. The number of morpholine rings is 1. The minimum absolute atomic E-state index is 0.0828. The standard InChI is InChI=1S/C29H27ClN4O2/c1-2-25(35)34-12-10-20-7-8-22(17-24(20)34)26-27-23(30)9-11-31-29(27)32-28(26)21-5-3-19(4-6-21)18-33-13-15-36-16-14-33/h2-9,11,17H,1,10,12-16,18H2,(H,31,32). The fourth-order valence-electron chi connectivity index (χ4n) is 5.25. The molecule has 1 N–H and O–H groups in total. The van der Waals surface area contributed by atoms with E-state index >= 15 is 0 Å². The normalized spacial score (nSPS) is 15.9. The molecule has 0 spiro atoms. The van der Waals surface area contributed by atoms with Gasteiger partial charge < -0.3 is 14.6 Å². The highest BCUT2D eigenvalue weighted by Gasteiger charge is 2.25. The molecule has 4 aromatic rings. The molecule has 0 aliphatic carbocycles. The zero-order chi connectivity index (χ0) is 24.6. The Morgan fingerprint density at radius 3 is 2.64 bits per heavy atom. The molecule has 0 unspecified atom stereocenters. The molecule has 2 aromatic heterocycles. The third kappa shape index (κ3) is 4.11. The first-order valence-corrected chi connectivity index (χ1v) is 12.6. The monoisotopic (exact) mass is 498 g/mol. The maximum Gasteiger partial charge on any atom is 0.250 e. The summed E-state index contributed by atoms with van der Waals surface area (Å²) in [5.74, 6) is -0.0828. The van der Waals surface area contributed by atoms with Crippen molar-refractivity contribution in [3.8, 4) is 22.4 Å². The van der Waals surface area contributed by atoms with Crippen LogP contribution < -0.4 is 4.90 Å². The van der Waals surface area contributed by atoms with E-state index in [1.165, 1.54) is 11.6 Å². The summed E-state index contributed by atoms with van der Waals surface area (Å²) in [5.41, 5.74) is 8.10. The summed E-state index contributed by atoms with van der Waals surface area (Å²) in [6, 6.07) is 16.8. The van der Waals surface area contributed by atoms with Crippen LogP contribution in [0.3, 0.4) is 0 Å². The van der Waals surface area contributed by atoms with Crippen molar-refractivity contribution < 1.29 is 9.53 Å². The number of H-pyrrole nitrogens is 1. The number of ether oxygens (including phenoxy) is 1. The molecule has 182 valence electrons. The molecule has 1 saturated heterocycles. The first kappa shape index (κ1) is 23.0. The van der Waals surface area contributed by atoms with E-state index in [0.717, 1.165) is 83.9 Å². The van der Waals surface area contributed by atoms with Gasteiger partial charge in [-0.2, -0.15) is 0 Å². The topological polar surface area (TPSA) is 61.5 Å². The summed E-state index contributed by atoms with van der Waals surface area (Å²) in [6.45, 7) is 8.75. The third-order valence-electron chi connectivity index (χ3n) is 7.11. The van der Waals surface area contributed by atoms with Gasteiger partial charge in [-0.3, -0.25) is 9.69 Å². The lowest BCUT2D eigenvalue weighted by molar-refractivity contribution is -0.114. The fraction of sp³-hybridized carbons (Fsp3) is 0.241. The van der Waals surface area contributed by atoms with Crippen LogP contribution in [0.5, 0.6) is 0 Å². The first-order chi connectivity index (χ1) is 17.6. The highest BCUT2D eigenvalue weighted by Crippen LogP contribution is 2.43. The summed E-state index contributed by atoms with van der Waals surface area (Å²) < 4.78 is 5.47. The summed E-state index contributed by atoms with van der Waals surface area (Å²) in [4.78, 5) is 24.7. The van der Waals surface area contributed by atoms with Crippen LogP contribution in [-0.2, 0) is 22.5 Å². The smallest absolute Gasteiger partial charge is 0.250 e. The summed E-state index contributed by atoms with van der Waals surface area (Å²) in [7, 11) is 0. The van der Waals surface area contributed by atoms with E-state index in [4.69, 9.17) is 16.3 Å². The zero-order valence-corrected chi connectivity index (χ0v) is 20.7. The number of aromatic amines is 1. The molecule has 2 aromatic carbocycles. The van der Waals surface area contributed by atoms with Gasteiger partial charge in [-0.25, -0.2) is 4.98 Å². The average molecular weight is 499 g/mol. The molecule has 7 heteroatoms. The van der Waals surface area contributed by atoms with E-state index < -0.39 is 0 Å². The third-order valence-corrected chi connectivity index (χ3v) is 7.42. The molecule has 0 bridgehead atoms. The molecule has 2 aliphatic rings. The Balaban J connectivity index is 1.43. The summed E-state index contributed by atoms with van der Waals surface area (Å²) >= 11 is 6.71. The second-order valence-electron chi connectivity index (χ2n) is 9.26. The molecule has 1 amide bonds. The highest BCUT2D eigenvalue weighted by molar-refractivity contribution is 6.36. The molecule has 36 heavy (non-hydrogen) atoms. The summed E-state index contributed by atoms with van der Waals surface area (Å²) in [6.07, 6.45) is 3.92. The number of benzene rings is 2. The molecule has 6 nitrogen and oxygen atoms in total. The van der Waals surface area contributed by atoms with Gasteiger partial charge >= 0.3 is 0 Å². The number of carbonyl (C=O) groups excluding carboxylic acids is 1. The number of amides is 1. The van der Waals surface area contributed by atoms with Crippen molar-refractivity contribution in [2.75, 3.05) is 37.7 Å². The Kier molecular flexibility index (Phi) is 6.09. The van der Waals surface area contributed by atoms with Crippen LogP contribution in [0.25, 0.3) is 33.4 Å². The van der Waals surface area contributed by atoms with E-state index in [1.807, 2.05) is 6.07 Å². The van der Waals surface area contributed by atoms with E-state index in [9.17, 15) is 4.79 Å². The Hall–Kier alpha value is -3.45. The van der Waals surface area contributed by atoms with Crippen molar-refractivity contribution in [2.24, 2.45) is 0 Å². The number of rotatable bonds is 5. The molecule has 0 radical (unpaired) electrons. The van der Waals surface area contributed by atoms with E-state index in [-0.39, 0.29) is 5.91 Å². The van der Waals surface area contributed by atoms with Crippen molar-refractivity contribution >= 4 is 34.2 Å². The predicted molar refractivity (Wildman–Crippen MR) is 144 cm³/mol. The molecule has 2 aliphatic heterocycles.